The van der Waals surface area contributed by atoms with Gasteiger partial charge < -0.3 is 15.7 Å². The van der Waals surface area contributed by atoms with Crippen LogP contribution in [0.4, 0.5) is 37.7 Å². The van der Waals surface area contributed by atoms with Crippen LogP contribution in [0.1, 0.15) is 31.8 Å². The number of amides is 2. The number of carbonyl (C=O) groups is 2. The van der Waals surface area contributed by atoms with Gasteiger partial charge in [0.1, 0.15) is 5.75 Å². The summed E-state index contributed by atoms with van der Waals surface area (Å²) in [6.07, 6.45) is -9.25. The second kappa shape index (κ2) is 8.85. The second-order valence-corrected chi connectivity index (χ2v) is 6.80. The molecular formula is C22H14F6N2O3. The quantitative estimate of drug-likeness (QED) is 0.415. The summed E-state index contributed by atoms with van der Waals surface area (Å²) >= 11 is 0. The van der Waals surface area contributed by atoms with Crippen molar-refractivity contribution in [2.45, 2.75) is 12.4 Å². The maximum Gasteiger partial charge on any atom is 0.416 e. The number of hydrogen-bond acceptors (Lipinski definition) is 3. The molecule has 0 aliphatic carbocycles. The maximum absolute atomic E-state index is 12.8. The minimum atomic E-state index is -4.63. The molecule has 0 atom stereocenters. The van der Waals surface area contributed by atoms with Gasteiger partial charge in [-0.1, -0.05) is 12.1 Å². The summed E-state index contributed by atoms with van der Waals surface area (Å²) in [6.45, 7) is 0. The molecule has 3 aromatic carbocycles. The second-order valence-electron chi connectivity index (χ2n) is 6.80. The van der Waals surface area contributed by atoms with Crippen molar-refractivity contribution in [1.82, 2.24) is 0 Å². The first-order chi connectivity index (χ1) is 15.3. The Labute approximate surface area is 182 Å². The summed E-state index contributed by atoms with van der Waals surface area (Å²) < 4.78 is 77.0. The van der Waals surface area contributed by atoms with Crippen molar-refractivity contribution in [2.24, 2.45) is 0 Å². The van der Waals surface area contributed by atoms with Crippen LogP contribution in [0, 0.1) is 0 Å². The van der Waals surface area contributed by atoms with Crippen LogP contribution in [0.25, 0.3) is 0 Å². The Bertz CT molecular complexity index is 1210. The minimum absolute atomic E-state index is 0.155. The van der Waals surface area contributed by atoms with Crippen molar-refractivity contribution < 1.29 is 41.0 Å². The normalized spacial score (nSPS) is 11.7. The van der Waals surface area contributed by atoms with Crippen LogP contribution in [0.15, 0.2) is 66.7 Å². The number of benzene rings is 3. The number of phenols is 1. The molecular weight excluding hydrogens is 454 g/mol. The highest BCUT2D eigenvalue weighted by Crippen LogP contribution is 2.32. The van der Waals surface area contributed by atoms with Crippen molar-refractivity contribution in [3.05, 3.63) is 89.0 Å². The van der Waals surface area contributed by atoms with Gasteiger partial charge in [0.05, 0.1) is 16.7 Å². The van der Waals surface area contributed by atoms with E-state index in [-0.39, 0.29) is 16.9 Å². The standard InChI is InChI=1S/C22H14F6N2O3/c23-21(24,25)13-3-1-5-15(10-13)29-19(32)12-7-8-18(31)17(9-12)20(33)30-16-6-2-4-14(11-16)22(26,27)28/h1-11,31H,(H,29,32)(H,30,33). The van der Waals surface area contributed by atoms with E-state index in [1.807, 2.05) is 0 Å². The van der Waals surface area contributed by atoms with E-state index in [0.717, 1.165) is 48.5 Å². The lowest BCUT2D eigenvalue weighted by Crippen LogP contribution is -2.16. The van der Waals surface area contributed by atoms with Gasteiger partial charge in [-0.3, -0.25) is 9.59 Å². The number of halogens is 6. The number of alkyl halides is 6. The third kappa shape index (κ3) is 5.82. The van der Waals surface area contributed by atoms with Gasteiger partial charge in [0.15, 0.2) is 0 Å². The molecule has 172 valence electrons. The van der Waals surface area contributed by atoms with Gasteiger partial charge in [0, 0.05) is 16.9 Å². The van der Waals surface area contributed by atoms with E-state index >= 15 is 0 Å². The highest BCUT2D eigenvalue weighted by molar-refractivity contribution is 6.10. The average Bonchev–Trinajstić information content (AvgIpc) is 2.73. The number of phenolic OH excluding ortho intramolecular Hbond substituents is 1. The molecule has 0 saturated carbocycles. The van der Waals surface area contributed by atoms with Crippen LogP contribution in [-0.4, -0.2) is 16.9 Å². The van der Waals surface area contributed by atoms with Crippen LogP contribution in [0.3, 0.4) is 0 Å². The average molecular weight is 468 g/mol. The molecule has 2 amide bonds. The zero-order valence-electron chi connectivity index (χ0n) is 16.4. The number of hydrogen-bond donors (Lipinski definition) is 3. The monoisotopic (exact) mass is 468 g/mol. The van der Waals surface area contributed by atoms with Gasteiger partial charge in [-0.25, -0.2) is 0 Å². The van der Waals surface area contributed by atoms with Gasteiger partial charge >= 0.3 is 12.4 Å². The van der Waals surface area contributed by atoms with Crippen LogP contribution in [0.2, 0.25) is 0 Å². The fourth-order valence-corrected chi connectivity index (χ4v) is 2.81. The Balaban J connectivity index is 1.81. The molecule has 3 aromatic rings. The molecule has 0 spiro atoms. The molecule has 0 bridgehead atoms. The number of nitrogens with one attached hydrogen (secondary N) is 2. The largest absolute Gasteiger partial charge is 0.507 e. The number of carbonyl (C=O) groups excluding carboxylic acids is 2. The third-order valence-electron chi connectivity index (χ3n) is 4.40. The lowest BCUT2D eigenvalue weighted by Gasteiger charge is -2.12. The highest BCUT2D eigenvalue weighted by Gasteiger charge is 2.31. The van der Waals surface area contributed by atoms with Gasteiger partial charge in [-0.15, -0.1) is 0 Å². The summed E-state index contributed by atoms with van der Waals surface area (Å²) in [5.41, 5.74) is -2.94. The summed E-state index contributed by atoms with van der Waals surface area (Å²) in [4.78, 5) is 24.9. The topological polar surface area (TPSA) is 78.4 Å². The van der Waals surface area contributed by atoms with Gasteiger partial charge in [-0.05, 0) is 54.6 Å². The van der Waals surface area contributed by atoms with Crippen LogP contribution < -0.4 is 10.6 Å². The van der Waals surface area contributed by atoms with E-state index in [9.17, 15) is 41.0 Å². The molecule has 33 heavy (non-hydrogen) atoms. The number of aromatic hydroxyl groups is 1. The molecule has 0 saturated heterocycles. The summed E-state index contributed by atoms with van der Waals surface area (Å²) in [5.74, 6) is -2.43. The van der Waals surface area contributed by atoms with Crippen molar-refractivity contribution in [1.29, 1.82) is 0 Å². The number of rotatable bonds is 4. The van der Waals surface area contributed by atoms with Crippen LogP contribution in [0.5, 0.6) is 5.75 Å². The Hall–Kier alpha value is -4.02. The molecule has 0 heterocycles. The van der Waals surface area contributed by atoms with Crippen molar-refractivity contribution in [2.75, 3.05) is 10.6 Å². The molecule has 0 unspecified atom stereocenters. The Kier molecular flexibility index (Phi) is 6.34. The molecule has 0 aromatic heterocycles. The van der Waals surface area contributed by atoms with Crippen molar-refractivity contribution in [3.63, 3.8) is 0 Å². The van der Waals surface area contributed by atoms with E-state index in [1.165, 1.54) is 12.1 Å². The van der Waals surface area contributed by atoms with E-state index in [1.54, 1.807) is 0 Å². The highest BCUT2D eigenvalue weighted by atomic mass is 19.4. The van der Waals surface area contributed by atoms with E-state index in [2.05, 4.69) is 10.6 Å². The van der Waals surface area contributed by atoms with Gasteiger partial charge in [0.25, 0.3) is 11.8 Å². The summed E-state index contributed by atoms with van der Waals surface area (Å²) in [7, 11) is 0. The fourth-order valence-electron chi connectivity index (χ4n) is 2.81. The smallest absolute Gasteiger partial charge is 0.416 e. The lowest BCUT2D eigenvalue weighted by atomic mass is 10.1. The van der Waals surface area contributed by atoms with Crippen LogP contribution >= 0.6 is 0 Å². The molecule has 0 aliphatic heterocycles. The lowest BCUT2D eigenvalue weighted by molar-refractivity contribution is -0.138. The predicted molar refractivity (Wildman–Crippen MR) is 107 cm³/mol. The Morgan fingerprint density at radius 1 is 0.667 bits per heavy atom. The molecule has 5 nitrogen and oxygen atoms in total. The molecule has 3 rings (SSSR count). The fraction of sp³-hybridized carbons (Fsp3) is 0.0909. The Morgan fingerprint density at radius 3 is 1.64 bits per heavy atom. The van der Waals surface area contributed by atoms with Gasteiger partial charge in [-0.2, -0.15) is 26.3 Å². The zero-order valence-corrected chi connectivity index (χ0v) is 16.4. The first-order valence-electron chi connectivity index (χ1n) is 9.15. The van der Waals surface area contributed by atoms with Crippen LogP contribution in [-0.2, 0) is 12.4 Å². The van der Waals surface area contributed by atoms with Crippen molar-refractivity contribution in [3.8, 4) is 5.75 Å². The predicted octanol–water partition coefficient (Wildman–Crippen LogP) is 5.93. The molecule has 11 heteroatoms. The zero-order chi connectivity index (χ0) is 24.4. The van der Waals surface area contributed by atoms with E-state index in [4.69, 9.17) is 0 Å². The first-order valence-corrected chi connectivity index (χ1v) is 9.15. The van der Waals surface area contributed by atoms with E-state index in [0.29, 0.717) is 6.07 Å². The molecule has 0 fully saturated rings. The number of anilines is 2. The Morgan fingerprint density at radius 2 is 1.15 bits per heavy atom. The van der Waals surface area contributed by atoms with Gasteiger partial charge in [0.2, 0.25) is 0 Å². The summed E-state index contributed by atoms with van der Waals surface area (Å²) in [5, 5.41) is 14.4. The minimum Gasteiger partial charge on any atom is -0.507 e. The molecule has 3 N–H and O–H groups in total. The maximum atomic E-state index is 12.8. The SMILES string of the molecule is O=C(Nc1cccc(C(F)(F)F)c1)c1ccc(O)c(C(=O)Nc2cccc(C(F)(F)F)c2)c1. The molecule has 0 radical (unpaired) electrons. The third-order valence-corrected chi connectivity index (χ3v) is 4.40. The van der Waals surface area contributed by atoms with Crippen molar-refractivity contribution >= 4 is 23.2 Å². The summed E-state index contributed by atoms with van der Waals surface area (Å²) in [6, 6.07) is 10.8. The van der Waals surface area contributed by atoms with E-state index < -0.39 is 46.6 Å². The first kappa shape index (κ1) is 23.6. The molecule has 0 aliphatic rings.